The van der Waals surface area contributed by atoms with Gasteiger partial charge in [-0.15, -0.1) is 0 Å². The average molecular weight is 539 g/mol. The summed E-state index contributed by atoms with van der Waals surface area (Å²) >= 11 is 0. The van der Waals surface area contributed by atoms with Gasteiger partial charge in [-0.05, 0) is 60.3 Å². The van der Waals surface area contributed by atoms with Crippen LogP contribution in [-0.2, 0) is 12.8 Å². The number of aliphatic hydroxyl groups excluding tert-OH is 1. The van der Waals surface area contributed by atoms with Crippen LogP contribution in [0.3, 0.4) is 0 Å². The van der Waals surface area contributed by atoms with Crippen LogP contribution >= 0.6 is 0 Å². The van der Waals surface area contributed by atoms with Crippen molar-refractivity contribution in [2.24, 2.45) is 0 Å². The van der Waals surface area contributed by atoms with E-state index in [1.807, 2.05) is 46.8 Å². The summed E-state index contributed by atoms with van der Waals surface area (Å²) in [5.74, 6) is -2.37. The number of rotatable bonds is 9. The molecule has 3 rings (SSSR count). The zero-order valence-electron chi connectivity index (χ0n) is 23.3. The van der Waals surface area contributed by atoms with E-state index >= 15 is 0 Å². The second kappa shape index (κ2) is 12.3. The van der Waals surface area contributed by atoms with Gasteiger partial charge in [-0.2, -0.15) is 0 Å². The lowest BCUT2D eigenvalue weighted by molar-refractivity contribution is 0.0190. The van der Waals surface area contributed by atoms with E-state index in [1.165, 1.54) is 24.8 Å². The Morgan fingerprint density at radius 3 is 2.05 bits per heavy atom. The summed E-state index contributed by atoms with van der Waals surface area (Å²) in [6.07, 6.45) is 4.55. The second-order valence-electron chi connectivity index (χ2n) is 10.3. The number of hydrogen-bond donors (Lipinski definition) is 5. The van der Waals surface area contributed by atoms with Crippen molar-refractivity contribution in [1.82, 2.24) is 0 Å². The molecular formula is C31H38O8. The van der Waals surface area contributed by atoms with Crippen molar-refractivity contribution in [1.29, 1.82) is 0 Å². The number of carbonyl (C=O) groups excluding carboxylic acids is 1. The normalized spacial score (nSPS) is 16.8. The van der Waals surface area contributed by atoms with Gasteiger partial charge in [0.2, 0.25) is 5.78 Å². The molecule has 2 aromatic rings. The van der Waals surface area contributed by atoms with Gasteiger partial charge in [0.05, 0.1) is 12.7 Å². The zero-order chi connectivity index (χ0) is 29.0. The van der Waals surface area contributed by atoms with E-state index in [1.54, 1.807) is 0 Å². The van der Waals surface area contributed by atoms with Gasteiger partial charge in [0.25, 0.3) is 0 Å². The maximum absolute atomic E-state index is 13.5. The number of ether oxygens (including phenoxy) is 2. The number of ketones is 1. The number of aromatic hydroxyl groups is 4. The van der Waals surface area contributed by atoms with Crippen molar-refractivity contribution >= 4 is 5.78 Å². The van der Waals surface area contributed by atoms with E-state index in [4.69, 9.17) is 9.47 Å². The quantitative estimate of drug-likeness (QED) is 0.248. The fourth-order valence-electron chi connectivity index (χ4n) is 4.53. The third-order valence-corrected chi connectivity index (χ3v) is 6.73. The third-order valence-electron chi connectivity index (χ3n) is 6.73. The molecule has 0 amide bonds. The Morgan fingerprint density at radius 2 is 1.49 bits per heavy atom. The van der Waals surface area contributed by atoms with Crippen molar-refractivity contribution in [3.05, 3.63) is 69.3 Å². The molecule has 0 saturated heterocycles. The number of fused-ring (bicyclic) bond motifs is 1. The number of Topliss-reactive ketones (excluding diaryl/α,β-unsaturated/α-hetero) is 1. The fourth-order valence-corrected chi connectivity index (χ4v) is 4.53. The van der Waals surface area contributed by atoms with Crippen LogP contribution in [0.2, 0.25) is 0 Å². The first-order valence-electron chi connectivity index (χ1n) is 12.9. The lowest BCUT2D eigenvalue weighted by atomic mass is 9.87. The largest absolute Gasteiger partial charge is 0.507 e. The van der Waals surface area contributed by atoms with Gasteiger partial charge >= 0.3 is 0 Å². The highest BCUT2D eigenvalue weighted by molar-refractivity contribution is 6.06. The van der Waals surface area contributed by atoms with Crippen LogP contribution in [0.4, 0.5) is 0 Å². The summed E-state index contributed by atoms with van der Waals surface area (Å²) in [6.45, 7) is 9.80. The fraction of sp³-hybridized carbons (Fsp3) is 0.387. The SMILES string of the molecule is COc1cc(O)c(C2Oc3c(CC=C(C)C)c(O)c(CC=C(C)CCC=C(C)C)c(O)c3C(=O)C2O)c(O)c1. The molecule has 210 valence electrons. The maximum Gasteiger partial charge on any atom is 0.202 e. The van der Waals surface area contributed by atoms with Crippen LogP contribution < -0.4 is 9.47 Å². The monoisotopic (exact) mass is 538 g/mol. The molecule has 0 bridgehead atoms. The van der Waals surface area contributed by atoms with E-state index in [-0.39, 0.29) is 52.3 Å². The van der Waals surface area contributed by atoms with Gasteiger partial charge in [0.1, 0.15) is 40.1 Å². The van der Waals surface area contributed by atoms with Gasteiger partial charge < -0.3 is 35.0 Å². The van der Waals surface area contributed by atoms with Crippen molar-refractivity contribution in [2.45, 2.75) is 72.5 Å². The summed E-state index contributed by atoms with van der Waals surface area (Å²) in [6, 6.07) is 2.44. The van der Waals surface area contributed by atoms with Gasteiger partial charge in [0.15, 0.2) is 12.2 Å². The average Bonchev–Trinajstić information content (AvgIpc) is 2.85. The van der Waals surface area contributed by atoms with Crippen LogP contribution in [0.1, 0.15) is 80.6 Å². The van der Waals surface area contributed by atoms with E-state index in [0.29, 0.717) is 0 Å². The highest BCUT2D eigenvalue weighted by atomic mass is 16.5. The molecule has 1 aliphatic rings. The van der Waals surface area contributed by atoms with Crippen LogP contribution in [0.5, 0.6) is 34.5 Å². The summed E-state index contributed by atoms with van der Waals surface area (Å²) in [5.41, 5.74) is 3.20. The highest BCUT2D eigenvalue weighted by Gasteiger charge is 2.44. The van der Waals surface area contributed by atoms with Crippen molar-refractivity contribution in [2.75, 3.05) is 7.11 Å². The molecule has 1 heterocycles. The minimum absolute atomic E-state index is 0.106. The van der Waals surface area contributed by atoms with Gasteiger partial charge in [-0.25, -0.2) is 0 Å². The number of benzene rings is 2. The molecule has 0 fully saturated rings. The Bertz CT molecular complexity index is 1320. The molecule has 0 radical (unpaired) electrons. The standard InChI is InChI=1S/C31H38O8/c1-16(2)8-7-9-18(5)11-13-20-26(34)21(12-10-17(3)4)30-25(27(20)35)28(36)29(37)31(39-30)24-22(32)14-19(38-6)15-23(24)33/h8,10-11,14-15,29,31-35,37H,7,9,12-13H2,1-6H3. The predicted molar refractivity (Wildman–Crippen MR) is 149 cm³/mol. The smallest absolute Gasteiger partial charge is 0.202 e. The van der Waals surface area contributed by atoms with Gasteiger partial charge in [0, 0.05) is 23.3 Å². The number of hydrogen-bond acceptors (Lipinski definition) is 8. The second-order valence-corrected chi connectivity index (χ2v) is 10.3. The van der Waals surface area contributed by atoms with Crippen molar-refractivity contribution in [3.8, 4) is 34.5 Å². The number of methoxy groups -OCH3 is 1. The molecule has 5 N–H and O–H groups in total. The van der Waals surface area contributed by atoms with Crippen molar-refractivity contribution in [3.63, 3.8) is 0 Å². The minimum atomic E-state index is -1.84. The Kier molecular flexibility index (Phi) is 9.35. The molecule has 2 aromatic carbocycles. The molecule has 1 aliphatic heterocycles. The molecular weight excluding hydrogens is 500 g/mol. The zero-order valence-corrected chi connectivity index (χ0v) is 23.3. The van der Waals surface area contributed by atoms with Crippen LogP contribution in [0.25, 0.3) is 0 Å². The molecule has 0 aliphatic carbocycles. The Balaban J connectivity index is 2.14. The summed E-state index contributed by atoms with van der Waals surface area (Å²) in [5, 5.41) is 54.5. The molecule has 0 saturated carbocycles. The molecule has 2 atom stereocenters. The Hall–Kier alpha value is -3.91. The lowest BCUT2D eigenvalue weighted by Crippen LogP contribution is -2.37. The number of phenols is 4. The molecule has 2 unspecified atom stereocenters. The van der Waals surface area contributed by atoms with Crippen LogP contribution in [0.15, 0.2) is 47.1 Å². The van der Waals surface area contributed by atoms with E-state index in [2.05, 4.69) is 6.08 Å². The topological polar surface area (TPSA) is 137 Å². The minimum Gasteiger partial charge on any atom is -0.507 e. The van der Waals surface area contributed by atoms with Gasteiger partial charge in [-0.1, -0.05) is 34.9 Å². The molecule has 8 nitrogen and oxygen atoms in total. The summed E-state index contributed by atoms with van der Waals surface area (Å²) in [7, 11) is 1.36. The van der Waals surface area contributed by atoms with E-state index in [0.717, 1.165) is 24.0 Å². The number of phenolic OH excluding ortho intramolecular Hbond substituents is 4. The number of aliphatic hydroxyl groups is 1. The van der Waals surface area contributed by atoms with Gasteiger partial charge in [-0.3, -0.25) is 4.79 Å². The van der Waals surface area contributed by atoms with Crippen LogP contribution in [-0.4, -0.2) is 44.5 Å². The molecule has 39 heavy (non-hydrogen) atoms. The molecule has 8 heteroatoms. The molecule has 0 aromatic heterocycles. The summed E-state index contributed by atoms with van der Waals surface area (Å²) < 4.78 is 11.1. The molecule has 0 spiro atoms. The van der Waals surface area contributed by atoms with E-state index in [9.17, 15) is 30.3 Å². The van der Waals surface area contributed by atoms with E-state index < -0.39 is 35.2 Å². The first kappa shape index (κ1) is 29.6. The third kappa shape index (κ3) is 6.40. The summed E-state index contributed by atoms with van der Waals surface area (Å²) in [4.78, 5) is 13.5. The number of carbonyl (C=O) groups is 1. The first-order chi connectivity index (χ1) is 18.4. The van der Waals surface area contributed by atoms with Crippen LogP contribution in [0, 0.1) is 0 Å². The highest BCUT2D eigenvalue weighted by Crippen LogP contribution is 2.51. The maximum atomic E-state index is 13.5. The predicted octanol–water partition coefficient (Wildman–Crippen LogP) is 5.94. The lowest BCUT2D eigenvalue weighted by Gasteiger charge is -2.33. The first-order valence-corrected chi connectivity index (χ1v) is 12.9. The Morgan fingerprint density at radius 1 is 0.897 bits per heavy atom. The Labute approximate surface area is 229 Å². The van der Waals surface area contributed by atoms with Crippen molar-refractivity contribution < 1.29 is 39.8 Å². The number of allylic oxidation sites excluding steroid dienone is 6.